The number of H-pyrrole nitrogens is 1. The molecule has 0 fully saturated rings. The van der Waals surface area contributed by atoms with Gasteiger partial charge in [0.05, 0.1) is 23.2 Å². The number of hydrogen-bond acceptors (Lipinski definition) is 5. The molecule has 148 valence electrons. The Kier molecular flexibility index (Phi) is 5.43. The molecule has 3 rings (SSSR count). The van der Waals surface area contributed by atoms with Crippen molar-refractivity contribution in [3.63, 3.8) is 0 Å². The van der Waals surface area contributed by atoms with Crippen molar-refractivity contribution >= 4 is 23.0 Å². The number of carbonyl (C=O) groups is 2. The van der Waals surface area contributed by atoms with Crippen LogP contribution in [0.25, 0.3) is 11.0 Å². The van der Waals surface area contributed by atoms with Gasteiger partial charge in [-0.1, -0.05) is 12.1 Å². The van der Waals surface area contributed by atoms with Gasteiger partial charge >= 0.3 is 18.5 Å². The van der Waals surface area contributed by atoms with Gasteiger partial charge in [-0.3, -0.25) is 4.57 Å². The lowest BCUT2D eigenvalue weighted by atomic mass is 10.1. The minimum Gasteiger partial charge on any atom is -0.461 e. The molecule has 0 saturated carbocycles. The van der Waals surface area contributed by atoms with Crippen molar-refractivity contribution < 1.29 is 27.8 Å². The average molecular weight is 391 g/mol. The second-order valence-corrected chi connectivity index (χ2v) is 6.09. The maximum atomic E-state index is 13.5. The highest BCUT2D eigenvalue weighted by Gasteiger charge is 2.25. The molecule has 0 spiro atoms. The van der Waals surface area contributed by atoms with E-state index in [2.05, 4.69) is 9.97 Å². The third-order valence-electron chi connectivity index (χ3n) is 4.32. The summed E-state index contributed by atoms with van der Waals surface area (Å²) in [5.74, 6) is -1.39. The van der Waals surface area contributed by atoms with E-state index in [0.29, 0.717) is 16.8 Å². The van der Waals surface area contributed by atoms with Crippen LogP contribution in [0.1, 0.15) is 51.4 Å². The van der Waals surface area contributed by atoms with Crippen molar-refractivity contribution in [2.45, 2.75) is 33.9 Å². The van der Waals surface area contributed by atoms with Crippen LogP contribution in [-0.4, -0.2) is 33.1 Å². The summed E-state index contributed by atoms with van der Waals surface area (Å²) in [6.45, 7) is 1.80. The first kappa shape index (κ1) is 19.5. The molecule has 28 heavy (non-hydrogen) atoms. The fourth-order valence-corrected chi connectivity index (χ4v) is 3.08. The smallest absolute Gasteiger partial charge is 0.355 e. The number of fused-ring (bicyclic) bond motifs is 1. The van der Waals surface area contributed by atoms with Gasteiger partial charge in [0.15, 0.2) is 5.82 Å². The van der Waals surface area contributed by atoms with E-state index in [1.54, 1.807) is 39.0 Å². The molecule has 9 heteroatoms. The fourth-order valence-electron chi connectivity index (χ4n) is 3.08. The van der Waals surface area contributed by atoms with Gasteiger partial charge < -0.3 is 14.5 Å². The van der Waals surface area contributed by atoms with E-state index in [-0.39, 0.29) is 29.2 Å². The summed E-state index contributed by atoms with van der Waals surface area (Å²) in [7, 11) is 0. The standard InChI is InChI=1S/C19H19F2N3O4/c1-4-27-18(26)16-10(2)15(11(3)22-16)17(25)28-9-14-23-12-7-5-6-8-13(12)24(14)19(20)21/h5-8,19,22H,4,9H2,1-3H3. The van der Waals surface area contributed by atoms with Gasteiger partial charge in [-0.2, -0.15) is 8.78 Å². The van der Waals surface area contributed by atoms with E-state index in [0.717, 1.165) is 4.57 Å². The van der Waals surface area contributed by atoms with Crippen LogP contribution in [0.15, 0.2) is 24.3 Å². The number of rotatable bonds is 6. The monoisotopic (exact) mass is 391 g/mol. The number of nitrogens with one attached hydrogen (secondary N) is 1. The van der Waals surface area contributed by atoms with Crippen LogP contribution in [0.4, 0.5) is 8.78 Å². The van der Waals surface area contributed by atoms with Crippen molar-refractivity contribution in [2.24, 2.45) is 0 Å². The normalized spacial score (nSPS) is 11.2. The highest BCUT2D eigenvalue weighted by molar-refractivity contribution is 5.98. The van der Waals surface area contributed by atoms with Gasteiger partial charge in [0.25, 0.3) is 0 Å². The lowest BCUT2D eigenvalue weighted by Crippen LogP contribution is -2.12. The minimum atomic E-state index is -2.83. The molecule has 1 N–H and O–H groups in total. The maximum Gasteiger partial charge on any atom is 0.355 e. The Morgan fingerprint density at radius 3 is 2.57 bits per heavy atom. The number of nitrogens with zero attached hydrogens (tertiary/aromatic N) is 2. The second-order valence-electron chi connectivity index (χ2n) is 6.09. The van der Waals surface area contributed by atoms with Crippen LogP contribution in [0.2, 0.25) is 0 Å². The number of aromatic nitrogens is 3. The molecule has 1 aromatic carbocycles. The Labute approximate surface area is 159 Å². The zero-order valence-corrected chi connectivity index (χ0v) is 15.6. The zero-order valence-electron chi connectivity index (χ0n) is 15.6. The topological polar surface area (TPSA) is 86.2 Å². The van der Waals surface area contributed by atoms with Gasteiger partial charge in [-0.25, -0.2) is 14.6 Å². The van der Waals surface area contributed by atoms with Crippen LogP contribution in [-0.2, 0) is 16.1 Å². The van der Waals surface area contributed by atoms with Crippen molar-refractivity contribution in [1.82, 2.24) is 14.5 Å². The molecule has 0 aliphatic carbocycles. The molecule has 0 aliphatic rings. The molecular weight excluding hydrogens is 372 g/mol. The summed E-state index contributed by atoms with van der Waals surface area (Å²) >= 11 is 0. The average Bonchev–Trinajstić information content (AvgIpc) is 3.17. The van der Waals surface area contributed by atoms with Crippen LogP contribution in [0.5, 0.6) is 0 Å². The fraction of sp³-hybridized carbons (Fsp3) is 0.316. The first-order valence-corrected chi connectivity index (χ1v) is 8.62. The molecule has 0 unspecified atom stereocenters. The van der Waals surface area contributed by atoms with Crippen molar-refractivity contribution in [1.29, 1.82) is 0 Å². The van der Waals surface area contributed by atoms with E-state index in [1.807, 2.05) is 0 Å². The Morgan fingerprint density at radius 1 is 1.18 bits per heavy atom. The quantitative estimate of drug-likeness (QED) is 0.644. The first-order valence-electron chi connectivity index (χ1n) is 8.62. The van der Waals surface area contributed by atoms with E-state index >= 15 is 0 Å². The Bertz CT molecular complexity index is 1040. The molecule has 0 aliphatic heterocycles. The predicted octanol–water partition coefficient (Wildman–Crippen LogP) is 3.91. The number of aromatic amines is 1. The third kappa shape index (κ3) is 3.47. The van der Waals surface area contributed by atoms with E-state index < -0.39 is 25.1 Å². The zero-order chi connectivity index (χ0) is 20.4. The highest BCUT2D eigenvalue weighted by atomic mass is 19.3. The molecule has 0 radical (unpaired) electrons. The van der Waals surface area contributed by atoms with E-state index in [9.17, 15) is 18.4 Å². The number of hydrogen-bond donors (Lipinski definition) is 1. The number of alkyl halides is 2. The summed E-state index contributed by atoms with van der Waals surface area (Å²) in [4.78, 5) is 31.4. The van der Waals surface area contributed by atoms with Crippen LogP contribution < -0.4 is 0 Å². The van der Waals surface area contributed by atoms with Crippen LogP contribution >= 0.6 is 0 Å². The SMILES string of the molecule is CCOC(=O)c1[nH]c(C)c(C(=O)OCc2nc3ccccc3n2C(F)F)c1C. The number of esters is 2. The van der Waals surface area contributed by atoms with Gasteiger partial charge in [0.2, 0.25) is 0 Å². The molecule has 0 bridgehead atoms. The summed E-state index contributed by atoms with van der Waals surface area (Å²) in [6, 6.07) is 6.43. The molecule has 2 heterocycles. The molecule has 0 amide bonds. The van der Waals surface area contributed by atoms with Crippen molar-refractivity contribution in [3.8, 4) is 0 Å². The number of para-hydroxylation sites is 2. The molecule has 2 aromatic heterocycles. The molecule has 3 aromatic rings. The van der Waals surface area contributed by atoms with E-state index in [4.69, 9.17) is 9.47 Å². The van der Waals surface area contributed by atoms with Gasteiger partial charge in [0.1, 0.15) is 12.3 Å². The number of imidazole rings is 1. The number of benzene rings is 1. The van der Waals surface area contributed by atoms with E-state index in [1.165, 1.54) is 6.07 Å². The number of aryl methyl sites for hydroxylation is 1. The van der Waals surface area contributed by atoms with Crippen molar-refractivity contribution in [3.05, 3.63) is 52.6 Å². The Morgan fingerprint density at radius 2 is 1.89 bits per heavy atom. The predicted molar refractivity (Wildman–Crippen MR) is 96.3 cm³/mol. The maximum absolute atomic E-state index is 13.5. The van der Waals surface area contributed by atoms with Gasteiger partial charge in [-0.05, 0) is 38.5 Å². The van der Waals surface area contributed by atoms with Gasteiger partial charge in [-0.15, -0.1) is 0 Å². The number of ether oxygens (including phenoxy) is 2. The van der Waals surface area contributed by atoms with Crippen molar-refractivity contribution in [2.75, 3.05) is 6.61 Å². The first-order chi connectivity index (χ1) is 13.3. The summed E-state index contributed by atoms with van der Waals surface area (Å²) in [5, 5.41) is 0. The molecular formula is C19H19F2N3O4. The van der Waals surface area contributed by atoms with Crippen LogP contribution in [0.3, 0.4) is 0 Å². The summed E-state index contributed by atoms with van der Waals surface area (Å²) in [6.07, 6.45) is 0. The summed E-state index contributed by atoms with van der Waals surface area (Å²) in [5.41, 5.74) is 1.76. The highest BCUT2D eigenvalue weighted by Crippen LogP contribution is 2.25. The Balaban J connectivity index is 1.85. The second kappa shape index (κ2) is 7.79. The number of carbonyl (C=O) groups excluding carboxylic acids is 2. The summed E-state index contributed by atoms with van der Waals surface area (Å²) < 4.78 is 37.8. The lowest BCUT2D eigenvalue weighted by molar-refractivity contribution is 0.0386. The largest absolute Gasteiger partial charge is 0.461 e. The molecule has 0 saturated heterocycles. The number of halogens is 2. The molecule has 0 atom stereocenters. The van der Waals surface area contributed by atoms with Crippen LogP contribution in [0, 0.1) is 13.8 Å². The minimum absolute atomic E-state index is 0.0685. The third-order valence-corrected chi connectivity index (χ3v) is 4.32. The lowest BCUT2D eigenvalue weighted by Gasteiger charge is -2.09. The van der Waals surface area contributed by atoms with Gasteiger partial charge in [0, 0.05) is 5.69 Å². The Hall–Kier alpha value is -3.23. The molecule has 7 nitrogen and oxygen atoms in total.